The highest BCUT2D eigenvalue weighted by atomic mass is 31.2. The van der Waals surface area contributed by atoms with Gasteiger partial charge in [-0.05, 0) is 29.2 Å². The standard InChI is InChI=1S/C18H22NO5P/c1-15(20)19(11-6-12-25(21,22)23)24-14-16-7-5-10-18(13-16)17-8-3-2-4-9-17/h2-5,7-10,13H,6,11-12,14H2,1H3,(H2,21,22,23). The molecule has 0 saturated carbocycles. The molecule has 0 heterocycles. The average Bonchev–Trinajstić information content (AvgIpc) is 2.57. The van der Waals surface area contributed by atoms with Crippen LogP contribution in [0.15, 0.2) is 54.6 Å². The number of hydrogen-bond donors (Lipinski definition) is 2. The minimum Gasteiger partial charge on any atom is -0.324 e. The summed E-state index contributed by atoms with van der Waals surface area (Å²) >= 11 is 0. The largest absolute Gasteiger partial charge is 0.325 e. The van der Waals surface area contributed by atoms with Gasteiger partial charge in [0.25, 0.3) is 0 Å². The number of benzene rings is 2. The molecule has 2 aromatic carbocycles. The third-order valence-electron chi connectivity index (χ3n) is 3.58. The van der Waals surface area contributed by atoms with Crippen LogP contribution in [0.2, 0.25) is 0 Å². The molecule has 0 aliphatic carbocycles. The highest BCUT2D eigenvalue weighted by Crippen LogP contribution is 2.34. The molecule has 0 bridgehead atoms. The normalized spacial score (nSPS) is 11.3. The van der Waals surface area contributed by atoms with E-state index in [-0.39, 0.29) is 31.6 Å². The highest BCUT2D eigenvalue weighted by molar-refractivity contribution is 7.51. The molecular formula is C18H22NO5P. The molecule has 0 radical (unpaired) electrons. The van der Waals surface area contributed by atoms with E-state index >= 15 is 0 Å². The molecule has 2 N–H and O–H groups in total. The van der Waals surface area contributed by atoms with E-state index in [0.717, 1.165) is 21.8 Å². The van der Waals surface area contributed by atoms with Crippen molar-refractivity contribution in [2.75, 3.05) is 12.7 Å². The second-order valence-corrected chi connectivity index (χ2v) is 7.48. The Morgan fingerprint density at radius 1 is 1.08 bits per heavy atom. The molecule has 0 unspecified atom stereocenters. The third-order valence-corrected chi connectivity index (χ3v) is 4.48. The van der Waals surface area contributed by atoms with Gasteiger partial charge in [0, 0.05) is 13.5 Å². The lowest BCUT2D eigenvalue weighted by Crippen LogP contribution is -2.30. The first kappa shape index (κ1) is 19.3. The minimum absolute atomic E-state index is 0.138. The van der Waals surface area contributed by atoms with E-state index in [1.165, 1.54) is 6.92 Å². The summed E-state index contributed by atoms with van der Waals surface area (Å²) in [6.07, 6.45) is -0.0997. The molecule has 7 heteroatoms. The van der Waals surface area contributed by atoms with Crippen LogP contribution in [0.3, 0.4) is 0 Å². The van der Waals surface area contributed by atoms with Gasteiger partial charge in [-0.25, -0.2) is 5.06 Å². The Labute approximate surface area is 147 Å². The maximum atomic E-state index is 11.6. The number of hydrogen-bond acceptors (Lipinski definition) is 3. The van der Waals surface area contributed by atoms with Crippen LogP contribution in [0.5, 0.6) is 0 Å². The van der Waals surface area contributed by atoms with E-state index in [2.05, 4.69) is 0 Å². The van der Waals surface area contributed by atoms with Crippen LogP contribution in [0.25, 0.3) is 11.1 Å². The van der Waals surface area contributed by atoms with Crippen LogP contribution in [-0.4, -0.2) is 33.5 Å². The molecule has 1 amide bonds. The summed E-state index contributed by atoms with van der Waals surface area (Å²) in [7, 11) is -4.06. The first-order valence-electron chi connectivity index (χ1n) is 7.95. The van der Waals surface area contributed by atoms with Crippen molar-refractivity contribution >= 4 is 13.5 Å². The third kappa shape index (κ3) is 6.80. The Kier molecular flexibility index (Phi) is 6.91. The zero-order valence-corrected chi connectivity index (χ0v) is 14.9. The summed E-state index contributed by atoms with van der Waals surface area (Å²) < 4.78 is 10.9. The van der Waals surface area contributed by atoms with E-state index in [4.69, 9.17) is 14.6 Å². The second-order valence-electron chi connectivity index (χ2n) is 5.70. The zero-order chi connectivity index (χ0) is 18.3. The Morgan fingerprint density at radius 2 is 1.76 bits per heavy atom. The van der Waals surface area contributed by atoms with Crippen molar-refractivity contribution in [1.82, 2.24) is 5.06 Å². The van der Waals surface area contributed by atoms with Crippen LogP contribution in [-0.2, 0) is 20.8 Å². The Hall–Kier alpha value is -1.98. The Morgan fingerprint density at radius 3 is 2.40 bits per heavy atom. The topological polar surface area (TPSA) is 87.1 Å². The van der Waals surface area contributed by atoms with Gasteiger partial charge in [0.15, 0.2) is 0 Å². The molecule has 0 spiro atoms. The first-order chi connectivity index (χ1) is 11.8. The molecule has 0 saturated heterocycles. The van der Waals surface area contributed by atoms with Gasteiger partial charge >= 0.3 is 7.60 Å². The van der Waals surface area contributed by atoms with Crippen molar-refractivity contribution in [3.8, 4) is 11.1 Å². The van der Waals surface area contributed by atoms with Crippen LogP contribution in [0, 0.1) is 0 Å². The summed E-state index contributed by atoms with van der Waals surface area (Å²) in [5, 5.41) is 1.14. The predicted octanol–water partition coefficient (Wildman–Crippen LogP) is 3.20. The highest BCUT2D eigenvalue weighted by Gasteiger charge is 2.15. The fraction of sp³-hybridized carbons (Fsp3) is 0.278. The van der Waals surface area contributed by atoms with E-state index in [9.17, 15) is 9.36 Å². The Balaban J connectivity index is 1.96. The summed E-state index contributed by atoms with van der Waals surface area (Å²) in [4.78, 5) is 34.9. The van der Waals surface area contributed by atoms with Crippen LogP contribution < -0.4 is 0 Å². The maximum absolute atomic E-state index is 11.6. The molecule has 134 valence electrons. The smallest absolute Gasteiger partial charge is 0.324 e. The summed E-state index contributed by atoms with van der Waals surface area (Å²) in [6.45, 7) is 1.70. The lowest BCUT2D eigenvalue weighted by atomic mass is 10.0. The van der Waals surface area contributed by atoms with Gasteiger partial charge in [0.2, 0.25) is 5.91 Å². The minimum atomic E-state index is -4.06. The van der Waals surface area contributed by atoms with Gasteiger partial charge in [0.1, 0.15) is 6.61 Å². The van der Waals surface area contributed by atoms with E-state index in [0.29, 0.717) is 0 Å². The van der Waals surface area contributed by atoms with Crippen LogP contribution in [0.4, 0.5) is 0 Å². The van der Waals surface area contributed by atoms with Crippen LogP contribution >= 0.6 is 7.60 Å². The summed E-state index contributed by atoms with van der Waals surface area (Å²) in [5.74, 6) is -0.301. The predicted molar refractivity (Wildman–Crippen MR) is 95.6 cm³/mol. The van der Waals surface area contributed by atoms with Gasteiger partial charge in [-0.3, -0.25) is 14.2 Å². The van der Waals surface area contributed by atoms with Crippen molar-refractivity contribution in [3.05, 3.63) is 60.2 Å². The number of nitrogens with zero attached hydrogens (tertiary/aromatic N) is 1. The molecule has 6 nitrogen and oxygen atoms in total. The Bertz CT molecular complexity index is 744. The SMILES string of the molecule is CC(=O)N(CCCP(=O)(O)O)OCc1cccc(-c2ccccc2)c1. The van der Waals surface area contributed by atoms with Crippen molar-refractivity contribution < 1.29 is 24.0 Å². The van der Waals surface area contributed by atoms with E-state index in [1.54, 1.807) is 0 Å². The molecule has 0 aliphatic rings. The molecule has 2 aromatic rings. The number of carbonyl (C=O) groups is 1. The molecule has 0 aromatic heterocycles. The molecule has 2 rings (SSSR count). The van der Waals surface area contributed by atoms with Crippen molar-refractivity contribution in [2.45, 2.75) is 20.0 Å². The molecule has 25 heavy (non-hydrogen) atoms. The maximum Gasteiger partial charge on any atom is 0.325 e. The fourth-order valence-electron chi connectivity index (χ4n) is 2.36. The van der Waals surface area contributed by atoms with Gasteiger partial charge in [-0.15, -0.1) is 0 Å². The lowest BCUT2D eigenvalue weighted by Gasteiger charge is -2.20. The van der Waals surface area contributed by atoms with E-state index < -0.39 is 7.60 Å². The van der Waals surface area contributed by atoms with Crippen molar-refractivity contribution in [2.24, 2.45) is 0 Å². The van der Waals surface area contributed by atoms with Gasteiger partial charge in [-0.2, -0.15) is 0 Å². The molecule has 0 fully saturated rings. The van der Waals surface area contributed by atoms with Crippen molar-refractivity contribution in [3.63, 3.8) is 0 Å². The second kappa shape index (κ2) is 8.92. The van der Waals surface area contributed by atoms with Gasteiger partial charge < -0.3 is 9.79 Å². The number of carbonyl (C=O) groups excluding carboxylic acids is 1. The lowest BCUT2D eigenvalue weighted by molar-refractivity contribution is -0.189. The summed E-state index contributed by atoms with van der Waals surface area (Å²) in [6, 6.07) is 17.7. The van der Waals surface area contributed by atoms with Crippen molar-refractivity contribution in [1.29, 1.82) is 0 Å². The first-order valence-corrected chi connectivity index (χ1v) is 9.75. The number of amides is 1. The van der Waals surface area contributed by atoms with Gasteiger partial charge in [-0.1, -0.05) is 48.5 Å². The van der Waals surface area contributed by atoms with E-state index in [1.807, 2.05) is 54.6 Å². The molecule has 0 aliphatic heterocycles. The number of rotatable bonds is 8. The quantitative estimate of drug-likeness (QED) is 0.556. The summed E-state index contributed by atoms with van der Waals surface area (Å²) in [5.41, 5.74) is 3.05. The zero-order valence-electron chi connectivity index (χ0n) is 14.0. The monoisotopic (exact) mass is 363 g/mol. The van der Waals surface area contributed by atoms with Crippen LogP contribution in [0.1, 0.15) is 18.9 Å². The van der Waals surface area contributed by atoms with Gasteiger partial charge in [0.05, 0.1) is 6.16 Å². The average molecular weight is 363 g/mol. The fourth-order valence-corrected chi connectivity index (χ4v) is 2.91. The molecule has 0 atom stereocenters. The number of hydroxylamine groups is 2. The molecular weight excluding hydrogens is 341 g/mol.